The Morgan fingerprint density at radius 1 is 0.973 bits per heavy atom. The third-order valence-corrected chi connectivity index (χ3v) is 6.07. The summed E-state index contributed by atoms with van der Waals surface area (Å²) in [5, 5.41) is 14.8. The lowest BCUT2D eigenvalue weighted by atomic mass is 10.1. The number of carbonyl (C=O) groups is 2. The molecule has 184 valence electrons. The molecule has 0 saturated carbocycles. The van der Waals surface area contributed by atoms with E-state index in [4.69, 9.17) is 27.9 Å². The van der Waals surface area contributed by atoms with E-state index in [9.17, 15) is 14.9 Å². The highest BCUT2D eigenvalue weighted by Crippen LogP contribution is 2.36. The number of nitriles is 1. The van der Waals surface area contributed by atoms with Crippen LogP contribution in [0.2, 0.25) is 10.0 Å². The molecule has 6 nitrogen and oxygen atoms in total. The molecule has 0 fully saturated rings. The zero-order valence-electron chi connectivity index (χ0n) is 19.6. The van der Waals surface area contributed by atoms with Crippen LogP contribution in [0.15, 0.2) is 84.4 Å². The molecule has 0 aromatic heterocycles. The van der Waals surface area contributed by atoms with Crippen molar-refractivity contribution >= 4 is 57.6 Å². The number of nitrogens with zero attached hydrogens (tertiary/aromatic N) is 1. The Balaban J connectivity index is 1.49. The summed E-state index contributed by atoms with van der Waals surface area (Å²) in [5.74, 6) is -0.812. The van der Waals surface area contributed by atoms with Gasteiger partial charge in [-0.05, 0) is 64.4 Å². The maximum atomic E-state index is 12.6. The second-order valence-electron chi connectivity index (χ2n) is 7.93. The van der Waals surface area contributed by atoms with E-state index in [1.807, 2.05) is 48.5 Å². The Labute approximate surface area is 223 Å². The van der Waals surface area contributed by atoms with Crippen LogP contribution >= 0.6 is 23.2 Å². The molecule has 0 heterocycles. The number of carbonyl (C=O) groups excluding carboxylic acids is 2. The zero-order valence-corrected chi connectivity index (χ0v) is 21.1. The first-order valence-corrected chi connectivity index (χ1v) is 11.8. The van der Waals surface area contributed by atoms with E-state index in [1.54, 1.807) is 12.1 Å². The lowest BCUT2D eigenvalue weighted by Crippen LogP contribution is -2.13. The third kappa shape index (κ3) is 6.10. The second-order valence-corrected chi connectivity index (χ2v) is 8.75. The van der Waals surface area contributed by atoms with E-state index in [-0.39, 0.29) is 22.2 Å². The molecule has 0 aliphatic carbocycles. The molecule has 0 aliphatic rings. The van der Waals surface area contributed by atoms with Crippen LogP contribution in [-0.4, -0.2) is 19.0 Å². The van der Waals surface area contributed by atoms with E-state index in [0.29, 0.717) is 22.6 Å². The van der Waals surface area contributed by atoms with Gasteiger partial charge in [0.15, 0.2) is 5.75 Å². The van der Waals surface area contributed by atoms with Gasteiger partial charge < -0.3 is 14.8 Å². The average molecular weight is 531 g/mol. The topological polar surface area (TPSA) is 88.4 Å². The Hall–Kier alpha value is -4.31. The number of anilines is 1. The maximum Gasteiger partial charge on any atom is 0.337 e. The molecule has 0 aliphatic heterocycles. The van der Waals surface area contributed by atoms with Gasteiger partial charge in [0.2, 0.25) is 0 Å². The molecular weight excluding hydrogens is 511 g/mol. The molecule has 4 aromatic carbocycles. The molecule has 0 radical (unpaired) electrons. The number of methoxy groups -OCH3 is 1. The first kappa shape index (κ1) is 25.8. The van der Waals surface area contributed by atoms with E-state index in [0.717, 1.165) is 16.3 Å². The highest BCUT2D eigenvalue weighted by molar-refractivity contribution is 6.37. The summed E-state index contributed by atoms with van der Waals surface area (Å²) < 4.78 is 10.6. The van der Waals surface area contributed by atoms with Crippen molar-refractivity contribution in [2.75, 3.05) is 12.4 Å². The van der Waals surface area contributed by atoms with Gasteiger partial charge >= 0.3 is 5.97 Å². The number of esters is 1. The quantitative estimate of drug-likeness (QED) is 0.157. The molecule has 37 heavy (non-hydrogen) atoms. The molecule has 1 amide bonds. The van der Waals surface area contributed by atoms with E-state index >= 15 is 0 Å². The van der Waals surface area contributed by atoms with Crippen molar-refractivity contribution in [1.82, 2.24) is 0 Å². The largest absolute Gasteiger partial charge is 0.486 e. The number of hydrogen-bond donors (Lipinski definition) is 1. The van der Waals surface area contributed by atoms with E-state index < -0.39 is 11.9 Å². The van der Waals surface area contributed by atoms with Crippen LogP contribution in [0.1, 0.15) is 21.5 Å². The highest BCUT2D eigenvalue weighted by Gasteiger charge is 2.14. The molecule has 4 rings (SSSR count). The van der Waals surface area contributed by atoms with Gasteiger partial charge in [0, 0.05) is 5.69 Å². The number of fused-ring (bicyclic) bond motifs is 1. The fraction of sp³-hybridized carbons (Fsp3) is 0.0690. The molecule has 0 atom stereocenters. The maximum absolute atomic E-state index is 12.6. The van der Waals surface area contributed by atoms with Crippen molar-refractivity contribution in [2.24, 2.45) is 0 Å². The monoisotopic (exact) mass is 530 g/mol. The summed E-state index contributed by atoms with van der Waals surface area (Å²) >= 11 is 12.9. The first-order valence-electron chi connectivity index (χ1n) is 11.1. The number of rotatable bonds is 7. The van der Waals surface area contributed by atoms with Crippen molar-refractivity contribution in [3.8, 4) is 11.8 Å². The number of halogens is 2. The number of amides is 1. The molecule has 4 aromatic rings. The summed E-state index contributed by atoms with van der Waals surface area (Å²) in [4.78, 5) is 24.2. The highest BCUT2D eigenvalue weighted by atomic mass is 35.5. The smallest absolute Gasteiger partial charge is 0.337 e. The van der Waals surface area contributed by atoms with Crippen molar-refractivity contribution in [1.29, 1.82) is 5.26 Å². The molecule has 0 bridgehead atoms. The summed E-state index contributed by atoms with van der Waals surface area (Å²) in [5.41, 5.74) is 2.03. The van der Waals surface area contributed by atoms with Crippen LogP contribution in [0.5, 0.6) is 5.75 Å². The predicted octanol–water partition coefficient (Wildman–Crippen LogP) is 7.06. The lowest BCUT2D eigenvalue weighted by Gasteiger charge is -2.13. The van der Waals surface area contributed by atoms with Gasteiger partial charge in [-0.2, -0.15) is 5.26 Å². The molecule has 8 heteroatoms. The Kier molecular flexibility index (Phi) is 8.09. The minimum Gasteiger partial charge on any atom is -0.486 e. The Bertz CT molecular complexity index is 1530. The van der Waals surface area contributed by atoms with E-state index in [1.165, 1.54) is 37.5 Å². The SMILES string of the molecule is COC(=O)c1ccc(NC(=O)/C(C#N)=C/c2cc(Cl)c(OCc3cccc4ccccc34)c(Cl)c2)cc1. The van der Waals surface area contributed by atoms with Gasteiger partial charge in [-0.3, -0.25) is 4.79 Å². The van der Waals surface area contributed by atoms with Gasteiger partial charge in [-0.1, -0.05) is 65.7 Å². The average Bonchev–Trinajstić information content (AvgIpc) is 2.91. The number of hydrogen-bond acceptors (Lipinski definition) is 5. The number of benzene rings is 4. The fourth-order valence-corrected chi connectivity index (χ4v) is 4.30. The molecule has 1 N–H and O–H groups in total. The van der Waals surface area contributed by atoms with Crippen molar-refractivity contribution in [3.05, 3.63) is 111 Å². The number of ether oxygens (including phenoxy) is 2. The zero-order chi connectivity index (χ0) is 26.4. The van der Waals surface area contributed by atoms with Crippen LogP contribution in [0.4, 0.5) is 5.69 Å². The number of nitrogens with one attached hydrogen (secondary N) is 1. The standard InChI is InChI=1S/C29H20Cl2N2O4/c1-36-29(35)20-9-11-23(12-10-20)33-28(34)22(16-32)13-18-14-25(30)27(26(31)15-18)37-17-21-7-4-6-19-5-2-3-8-24(19)21/h2-15H,17H2,1H3,(H,33,34)/b22-13+. The minimum atomic E-state index is -0.628. The summed E-state index contributed by atoms with van der Waals surface area (Å²) in [7, 11) is 1.28. The van der Waals surface area contributed by atoms with Gasteiger partial charge in [0.1, 0.15) is 18.2 Å². The van der Waals surface area contributed by atoms with Gasteiger partial charge in [-0.15, -0.1) is 0 Å². The lowest BCUT2D eigenvalue weighted by molar-refractivity contribution is -0.112. The first-order chi connectivity index (χ1) is 17.9. The second kappa shape index (κ2) is 11.6. The van der Waals surface area contributed by atoms with Gasteiger partial charge in [-0.25, -0.2) is 4.79 Å². The Morgan fingerprint density at radius 2 is 1.65 bits per heavy atom. The summed E-state index contributed by atoms with van der Waals surface area (Å²) in [6.45, 7) is 0.261. The van der Waals surface area contributed by atoms with Crippen LogP contribution in [0.25, 0.3) is 16.8 Å². The van der Waals surface area contributed by atoms with Crippen molar-refractivity contribution < 1.29 is 19.1 Å². The normalized spacial score (nSPS) is 11.0. The van der Waals surface area contributed by atoms with Crippen molar-refractivity contribution in [3.63, 3.8) is 0 Å². The predicted molar refractivity (Wildman–Crippen MR) is 145 cm³/mol. The molecule has 0 saturated heterocycles. The molecular formula is C29H20Cl2N2O4. The van der Waals surface area contributed by atoms with Crippen molar-refractivity contribution in [2.45, 2.75) is 6.61 Å². The van der Waals surface area contributed by atoms with Crippen LogP contribution in [0, 0.1) is 11.3 Å². The van der Waals surface area contributed by atoms with Crippen LogP contribution in [-0.2, 0) is 16.1 Å². The minimum absolute atomic E-state index is 0.159. The van der Waals surface area contributed by atoms with E-state index in [2.05, 4.69) is 10.1 Å². The Morgan fingerprint density at radius 3 is 2.32 bits per heavy atom. The molecule has 0 spiro atoms. The van der Waals surface area contributed by atoms with Gasteiger partial charge in [0.05, 0.1) is 22.7 Å². The van der Waals surface area contributed by atoms with Crippen LogP contribution in [0.3, 0.4) is 0 Å². The fourth-order valence-electron chi connectivity index (χ4n) is 3.69. The van der Waals surface area contributed by atoms with Gasteiger partial charge in [0.25, 0.3) is 5.91 Å². The van der Waals surface area contributed by atoms with Crippen LogP contribution < -0.4 is 10.1 Å². The third-order valence-electron chi connectivity index (χ3n) is 5.51. The molecule has 0 unspecified atom stereocenters. The summed E-state index contributed by atoms with van der Waals surface area (Å²) in [6.07, 6.45) is 1.38. The summed E-state index contributed by atoms with van der Waals surface area (Å²) in [6, 6.07) is 25.1.